The molecule has 1 heterocycles. The van der Waals surface area contributed by atoms with Crippen molar-refractivity contribution in [2.45, 2.75) is 30.4 Å². The molecule has 0 amide bonds. The second-order valence-electron chi connectivity index (χ2n) is 5.44. The fourth-order valence-corrected chi connectivity index (χ4v) is 4.43. The van der Waals surface area contributed by atoms with Crippen molar-refractivity contribution in [2.75, 3.05) is 6.54 Å². The number of thiophene rings is 1. The lowest BCUT2D eigenvalue weighted by atomic mass is 9.85. The minimum absolute atomic E-state index is 0.249. The molecule has 1 aromatic heterocycles. The largest absolute Gasteiger partial charge is 0.250 e. The number of sulfonamides is 1. The standard InChI is InChI=1S/C15H19NO2S2/c1-12-9-10-14(19-12)20(17,18)16-11-15(2,3)13-7-5-4-6-8-13/h4-10,16H,11H2,1-3H3. The molecule has 0 saturated carbocycles. The lowest BCUT2D eigenvalue weighted by Gasteiger charge is -2.25. The number of hydrogen-bond donors (Lipinski definition) is 1. The zero-order valence-electron chi connectivity index (χ0n) is 11.9. The van der Waals surface area contributed by atoms with Crippen LogP contribution in [0.25, 0.3) is 0 Å². The van der Waals surface area contributed by atoms with Crippen LogP contribution in [0.1, 0.15) is 24.3 Å². The Morgan fingerprint density at radius 1 is 1.10 bits per heavy atom. The maximum Gasteiger partial charge on any atom is 0.250 e. The predicted octanol–water partition coefficient (Wildman–Crippen LogP) is 3.31. The summed E-state index contributed by atoms with van der Waals surface area (Å²) in [6.45, 7) is 6.34. The maximum absolute atomic E-state index is 12.2. The van der Waals surface area contributed by atoms with Gasteiger partial charge >= 0.3 is 0 Å². The number of aryl methyl sites for hydroxylation is 1. The number of hydrogen-bond acceptors (Lipinski definition) is 3. The second kappa shape index (κ2) is 5.68. The van der Waals surface area contributed by atoms with Crippen LogP contribution in [0.2, 0.25) is 0 Å². The Morgan fingerprint density at radius 3 is 2.30 bits per heavy atom. The van der Waals surface area contributed by atoms with E-state index < -0.39 is 10.0 Å². The first kappa shape index (κ1) is 15.2. The first-order chi connectivity index (χ1) is 9.31. The van der Waals surface area contributed by atoms with Crippen LogP contribution in [0.15, 0.2) is 46.7 Å². The van der Waals surface area contributed by atoms with Gasteiger partial charge in [-0.1, -0.05) is 44.2 Å². The first-order valence-corrected chi connectivity index (χ1v) is 8.73. The van der Waals surface area contributed by atoms with Crippen molar-refractivity contribution in [2.24, 2.45) is 0 Å². The number of rotatable bonds is 5. The van der Waals surface area contributed by atoms with Gasteiger partial charge in [0.25, 0.3) is 0 Å². The van der Waals surface area contributed by atoms with E-state index in [1.165, 1.54) is 11.3 Å². The topological polar surface area (TPSA) is 46.2 Å². The average molecular weight is 309 g/mol. The highest BCUT2D eigenvalue weighted by Gasteiger charge is 2.24. The first-order valence-electron chi connectivity index (χ1n) is 6.43. The monoisotopic (exact) mass is 309 g/mol. The third-order valence-electron chi connectivity index (χ3n) is 3.24. The summed E-state index contributed by atoms with van der Waals surface area (Å²) in [4.78, 5) is 0.993. The Labute approximate surface area is 124 Å². The quantitative estimate of drug-likeness (QED) is 0.921. The minimum atomic E-state index is -3.41. The molecular weight excluding hydrogens is 290 g/mol. The summed E-state index contributed by atoms with van der Waals surface area (Å²) in [5.74, 6) is 0. The second-order valence-corrected chi connectivity index (χ2v) is 8.72. The molecule has 0 saturated heterocycles. The summed E-state index contributed by atoms with van der Waals surface area (Å²) in [6.07, 6.45) is 0. The molecule has 1 aromatic carbocycles. The van der Waals surface area contributed by atoms with Crippen LogP contribution in [-0.2, 0) is 15.4 Å². The Bertz CT molecular complexity index is 673. The van der Waals surface area contributed by atoms with E-state index in [1.54, 1.807) is 6.07 Å². The van der Waals surface area contributed by atoms with E-state index in [1.807, 2.05) is 57.2 Å². The van der Waals surface area contributed by atoms with Crippen LogP contribution >= 0.6 is 11.3 Å². The highest BCUT2D eigenvalue weighted by Crippen LogP contribution is 2.24. The smallest absolute Gasteiger partial charge is 0.210 e. The van der Waals surface area contributed by atoms with Gasteiger partial charge in [0.1, 0.15) is 4.21 Å². The summed E-state index contributed by atoms with van der Waals surface area (Å²) >= 11 is 1.29. The van der Waals surface area contributed by atoms with E-state index >= 15 is 0 Å². The molecule has 0 bridgehead atoms. The van der Waals surface area contributed by atoms with Crippen LogP contribution in [-0.4, -0.2) is 15.0 Å². The molecule has 0 radical (unpaired) electrons. The third-order valence-corrected chi connectivity index (χ3v) is 6.13. The van der Waals surface area contributed by atoms with Gasteiger partial charge in [-0.15, -0.1) is 11.3 Å². The SMILES string of the molecule is Cc1ccc(S(=O)(=O)NCC(C)(C)c2ccccc2)s1. The van der Waals surface area contributed by atoms with Crippen molar-refractivity contribution in [3.63, 3.8) is 0 Å². The lowest BCUT2D eigenvalue weighted by Crippen LogP contribution is -2.36. The van der Waals surface area contributed by atoms with E-state index in [2.05, 4.69) is 4.72 Å². The normalized spacial score (nSPS) is 12.6. The Kier molecular flexibility index (Phi) is 4.32. The Hall–Kier alpha value is -1.17. The molecule has 108 valence electrons. The van der Waals surface area contributed by atoms with Crippen LogP contribution in [0.3, 0.4) is 0 Å². The molecule has 2 rings (SSSR count). The van der Waals surface area contributed by atoms with Gasteiger partial charge in [0.05, 0.1) is 0 Å². The van der Waals surface area contributed by atoms with Crippen LogP contribution in [0, 0.1) is 6.92 Å². The molecule has 20 heavy (non-hydrogen) atoms. The van der Waals surface area contributed by atoms with Gasteiger partial charge < -0.3 is 0 Å². The molecule has 0 aliphatic heterocycles. The van der Waals surface area contributed by atoms with Crippen molar-refractivity contribution in [3.05, 3.63) is 52.9 Å². The molecule has 2 aromatic rings. The molecule has 0 spiro atoms. The molecule has 3 nitrogen and oxygen atoms in total. The van der Waals surface area contributed by atoms with Crippen LogP contribution in [0.4, 0.5) is 0 Å². The summed E-state index contributed by atoms with van der Waals surface area (Å²) in [6, 6.07) is 13.4. The third kappa shape index (κ3) is 3.48. The van der Waals surface area contributed by atoms with Crippen molar-refractivity contribution in [3.8, 4) is 0 Å². The zero-order valence-corrected chi connectivity index (χ0v) is 13.5. The van der Waals surface area contributed by atoms with Crippen LogP contribution in [0.5, 0.6) is 0 Å². The fourth-order valence-electron chi connectivity index (χ4n) is 1.89. The zero-order chi connectivity index (χ0) is 14.8. The van der Waals surface area contributed by atoms with Gasteiger partial charge in [0, 0.05) is 16.8 Å². The van der Waals surface area contributed by atoms with E-state index in [0.29, 0.717) is 10.8 Å². The molecule has 0 fully saturated rings. The predicted molar refractivity (Wildman–Crippen MR) is 83.7 cm³/mol. The van der Waals surface area contributed by atoms with Crippen molar-refractivity contribution >= 4 is 21.4 Å². The van der Waals surface area contributed by atoms with Gasteiger partial charge in [-0.3, -0.25) is 0 Å². The van der Waals surface area contributed by atoms with Gasteiger partial charge in [-0.05, 0) is 24.6 Å². The van der Waals surface area contributed by atoms with Gasteiger partial charge in [-0.25, -0.2) is 13.1 Å². The van der Waals surface area contributed by atoms with E-state index in [9.17, 15) is 8.42 Å². The molecule has 0 aliphatic rings. The average Bonchev–Trinajstić information content (AvgIpc) is 2.85. The fraction of sp³-hybridized carbons (Fsp3) is 0.333. The van der Waals surface area contributed by atoms with Gasteiger partial charge in [-0.2, -0.15) is 0 Å². The number of benzene rings is 1. The van der Waals surface area contributed by atoms with E-state index in [-0.39, 0.29) is 5.41 Å². The summed E-state index contributed by atoms with van der Waals surface area (Å²) < 4.78 is 27.5. The Morgan fingerprint density at radius 2 is 1.75 bits per heavy atom. The highest BCUT2D eigenvalue weighted by atomic mass is 32.2. The van der Waals surface area contributed by atoms with Crippen LogP contribution < -0.4 is 4.72 Å². The maximum atomic E-state index is 12.2. The van der Waals surface area contributed by atoms with Gasteiger partial charge in [0.2, 0.25) is 10.0 Å². The van der Waals surface area contributed by atoms with Crippen molar-refractivity contribution in [1.82, 2.24) is 4.72 Å². The number of nitrogens with one attached hydrogen (secondary N) is 1. The highest BCUT2D eigenvalue weighted by molar-refractivity contribution is 7.91. The lowest BCUT2D eigenvalue weighted by molar-refractivity contribution is 0.502. The van der Waals surface area contributed by atoms with E-state index in [0.717, 1.165) is 10.4 Å². The summed E-state index contributed by atoms with van der Waals surface area (Å²) in [7, 11) is -3.41. The van der Waals surface area contributed by atoms with Crippen molar-refractivity contribution < 1.29 is 8.42 Å². The summed E-state index contributed by atoms with van der Waals surface area (Å²) in [5.41, 5.74) is 0.866. The molecular formula is C15H19NO2S2. The van der Waals surface area contributed by atoms with Gasteiger partial charge in [0.15, 0.2) is 0 Å². The molecule has 0 atom stereocenters. The minimum Gasteiger partial charge on any atom is -0.210 e. The van der Waals surface area contributed by atoms with E-state index in [4.69, 9.17) is 0 Å². The molecule has 0 aliphatic carbocycles. The summed E-state index contributed by atoms with van der Waals surface area (Å²) in [5, 5.41) is 0. The Balaban J connectivity index is 2.12. The molecule has 1 N–H and O–H groups in total. The molecule has 5 heteroatoms. The van der Waals surface area contributed by atoms with Crippen molar-refractivity contribution in [1.29, 1.82) is 0 Å². The molecule has 0 unspecified atom stereocenters.